The molecule has 1 aliphatic heterocycles. The lowest BCUT2D eigenvalue weighted by Crippen LogP contribution is -2.33. The predicted molar refractivity (Wildman–Crippen MR) is 104 cm³/mol. The molecule has 1 saturated heterocycles. The minimum atomic E-state index is -0.918. The molecule has 1 aliphatic rings. The Labute approximate surface area is 156 Å². The summed E-state index contributed by atoms with van der Waals surface area (Å²) in [6.07, 6.45) is 12.3. The summed E-state index contributed by atoms with van der Waals surface area (Å²) in [7, 11) is 0. The summed E-state index contributed by atoms with van der Waals surface area (Å²) in [5, 5.41) is 8.95. The number of carboxylic acid groups (broad SMARTS) is 1. The fraction of sp³-hybridized carbons (Fsp3) is 0.455. The van der Waals surface area contributed by atoms with Gasteiger partial charge >= 0.3 is 5.97 Å². The van der Waals surface area contributed by atoms with Crippen LogP contribution >= 0.6 is 0 Å². The Bertz CT molecular complexity index is 673. The minimum absolute atomic E-state index is 0.162. The number of carbonyl (C=O) groups is 2. The number of unbranched alkanes of at least 4 members (excludes halogenated alkanes) is 2. The Balaban J connectivity index is 1.92. The molecular formula is C22H29NO3. The molecule has 0 spiro atoms. The quantitative estimate of drug-likeness (QED) is 0.520. The van der Waals surface area contributed by atoms with Crippen molar-refractivity contribution in [2.24, 2.45) is 0 Å². The molecule has 1 aromatic carbocycles. The number of rotatable bonds is 9. The molecule has 1 fully saturated rings. The van der Waals surface area contributed by atoms with E-state index in [-0.39, 0.29) is 17.5 Å². The van der Waals surface area contributed by atoms with Gasteiger partial charge in [-0.15, -0.1) is 0 Å². The summed E-state index contributed by atoms with van der Waals surface area (Å²) in [6.45, 7) is 4.96. The summed E-state index contributed by atoms with van der Waals surface area (Å²) in [5.74, 6) is -0.715. The van der Waals surface area contributed by atoms with E-state index in [4.69, 9.17) is 5.11 Å². The molecule has 0 aromatic heterocycles. The number of amides is 1. The van der Waals surface area contributed by atoms with Crippen LogP contribution in [0.2, 0.25) is 0 Å². The van der Waals surface area contributed by atoms with Gasteiger partial charge in [0.2, 0.25) is 5.91 Å². The lowest BCUT2D eigenvalue weighted by atomic mass is 10.1. The zero-order valence-electron chi connectivity index (χ0n) is 15.8. The van der Waals surface area contributed by atoms with Crippen molar-refractivity contribution in [3.63, 3.8) is 0 Å². The summed E-state index contributed by atoms with van der Waals surface area (Å²) in [6, 6.07) is 7.05. The van der Waals surface area contributed by atoms with Gasteiger partial charge in [0.25, 0.3) is 0 Å². The van der Waals surface area contributed by atoms with Crippen molar-refractivity contribution < 1.29 is 14.7 Å². The van der Waals surface area contributed by atoms with Crippen LogP contribution in [0.4, 0.5) is 0 Å². The first-order valence-electron chi connectivity index (χ1n) is 9.48. The maximum atomic E-state index is 12.2. The molecule has 1 N–H and O–H groups in total. The van der Waals surface area contributed by atoms with Crippen molar-refractivity contribution >= 4 is 11.9 Å². The van der Waals surface area contributed by atoms with E-state index < -0.39 is 5.97 Å². The summed E-state index contributed by atoms with van der Waals surface area (Å²) in [4.78, 5) is 25.1. The molecule has 4 nitrogen and oxygen atoms in total. The Hall–Kier alpha value is -2.36. The van der Waals surface area contributed by atoms with Crippen LogP contribution in [-0.4, -0.2) is 34.5 Å². The van der Waals surface area contributed by atoms with E-state index in [1.54, 1.807) is 12.1 Å². The van der Waals surface area contributed by atoms with E-state index in [9.17, 15) is 9.59 Å². The number of hydrogen-bond donors (Lipinski definition) is 1. The maximum Gasteiger partial charge on any atom is 0.335 e. The number of carbonyl (C=O) groups excluding carboxylic acids is 1. The largest absolute Gasteiger partial charge is 0.478 e. The van der Waals surface area contributed by atoms with Crippen molar-refractivity contribution in [1.82, 2.24) is 4.90 Å². The Morgan fingerprint density at radius 1 is 1.31 bits per heavy atom. The van der Waals surface area contributed by atoms with Crippen molar-refractivity contribution in [3.8, 4) is 0 Å². The molecule has 0 aliphatic carbocycles. The predicted octanol–water partition coefficient (Wildman–Crippen LogP) is 4.61. The maximum absolute atomic E-state index is 12.2. The monoisotopic (exact) mass is 355 g/mol. The molecule has 2 rings (SSSR count). The third-order valence-corrected chi connectivity index (χ3v) is 4.82. The standard InChI is InChI=1S/C22H29NO3/c1-3-4-5-6-17(2)7-12-20-13-14-21(24)23(20)16-15-18-8-10-19(11-9-18)22(25)26/h6-12,20H,3-5,13-16H2,1-2H3,(H,25,26)/b12-7+,17-6+/t20-/m0/s1. The average molecular weight is 355 g/mol. The van der Waals surface area contributed by atoms with E-state index in [0.29, 0.717) is 13.0 Å². The molecular weight excluding hydrogens is 326 g/mol. The summed E-state index contributed by atoms with van der Waals surface area (Å²) in [5.41, 5.74) is 2.59. The van der Waals surface area contributed by atoms with Gasteiger partial charge in [-0.2, -0.15) is 0 Å². The van der Waals surface area contributed by atoms with Gasteiger partial charge in [-0.25, -0.2) is 4.79 Å². The summed E-state index contributed by atoms with van der Waals surface area (Å²) >= 11 is 0. The van der Waals surface area contributed by atoms with Gasteiger partial charge in [-0.05, 0) is 43.9 Å². The second-order valence-corrected chi connectivity index (χ2v) is 6.89. The zero-order chi connectivity index (χ0) is 18.9. The van der Waals surface area contributed by atoms with E-state index in [0.717, 1.165) is 24.8 Å². The summed E-state index contributed by atoms with van der Waals surface area (Å²) < 4.78 is 0. The number of aromatic carboxylic acids is 1. The SMILES string of the molecule is CCCC/C=C(C)/C=C/[C@H]1CCC(=O)N1CCc1ccc(C(=O)O)cc1. The molecule has 140 valence electrons. The van der Waals surface area contributed by atoms with Crippen LogP contribution in [0.5, 0.6) is 0 Å². The highest BCUT2D eigenvalue weighted by Gasteiger charge is 2.28. The van der Waals surface area contributed by atoms with Gasteiger partial charge in [-0.3, -0.25) is 4.79 Å². The zero-order valence-corrected chi connectivity index (χ0v) is 15.8. The highest BCUT2D eigenvalue weighted by molar-refractivity contribution is 5.87. The van der Waals surface area contributed by atoms with Gasteiger partial charge in [0.05, 0.1) is 11.6 Å². The Morgan fingerprint density at radius 2 is 2.04 bits per heavy atom. The fourth-order valence-corrected chi connectivity index (χ4v) is 3.17. The van der Waals surface area contributed by atoms with E-state index >= 15 is 0 Å². The van der Waals surface area contributed by atoms with Crippen molar-refractivity contribution in [1.29, 1.82) is 0 Å². The van der Waals surface area contributed by atoms with E-state index in [1.807, 2.05) is 17.0 Å². The third kappa shape index (κ3) is 5.87. The molecule has 4 heteroatoms. The number of nitrogens with zero attached hydrogens (tertiary/aromatic N) is 1. The second-order valence-electron chi connectivity index (χ2n) is 6.89. The van der Waals surface area contributed by atoms with Crippen LogP contribution in [0, 0.1) is 0 Å². The molecule has 26 heavy (non-hydrogen) atoms. The first-order chi connectivity index (χ1) is 12.5. The minimum Gasteiger partial charge on any atom is -0.478 e. The van der Waals surface area contributed by atoms with Crippen LogP contribution in [0.15, 0.2) is 48.1 Å². The molecule has 1 aromatic rings. The topological polar surface area (TPSA) is 57.6 Å². The number of hydrogen-bond acceptors (Lipinski definition) is 2. The first kappa shape index (κ1) is 20.0. The number of carboxylic acids is 1. The van der Waals surface area contributed by atoms with E-state index in [2.05, 4.69) is 32.1 Å². The van der Waals surface area contributed by atoms with Crippen molar-refractivity contribution in [2.75, 3.05) is 6.54 Å². The van der Waals surface area contributed by atoms with Crippen LogP contribution in [0.25, 0.3) is 0 Å². The molecule has 0 unspecified atom stereocenters. The highest BCUT2D eigenvalue weighted by Crippen LogP contribution is 2.21. The lowest BCUT2D eigenvalue weighted by molar-refractivity contribution is -0.128. The number of allylic oxidation sites excluding steroid dienone is 3. The van der Waals surface area contributed by atoms with Crippen LogP contribution in [0.3, 0.4) is 0 Å². The Morgan fingerprint density at radius 3 is 2.69 bits per heavy atom. The average Bonchev–Trinajstić information content (AvgIpc) is 2.98. The van der Waals surface area contributed by atoms with Gasteiger partial charge in [-0.1, -0.05) is 55.7 Å². The molecule has 1 atom stereocenters. The lowest BCUT2D eigenvalue weighted by Gasteiger charge is -2.22. The third-order valence-electron chi connectivity index (χ3n) is 4.82. The molecule has 1 heterocycles. The highest BCUT2D eigenvalue weighted by atomic mass is 16.4. The normalized spacial score (nSPS) is 18.1. The van der Waals surface area contributed by atoms with Gasteiger partial charge in [0.1, 0.15) is 0 Å². The molecule has 0 saturated carbocycles. The van der Waals surface area contributed by atoms with Gasteiger partial charge in [0, 0.05) is 13.0 Å². The van der Waals surface area contributed by atoms with Crippen LogP contribution < -0.4 is 0 Å². The molecule has 0 radical (unpaired) electrons. The van der Waals surface area contributed by atoms with Crippen molar-refractivity contribution in [3.05, 3.63) is 59.2 Å². The smallest absolute Gasteiger partial charge is 0.335 e. The van der Waals surface area contributed by atoms with Crippen LogP contribution in [0.1, 0.15) is 61.9 Å². The molecule has 1 amide bonds. The fourth-order valence-electron chi connectivity index (χ4n) is 3.17. The van der Waals surface area contributed by atoms with Gasteiger partial charge in [0.15, 0.2) is 0 Å². The number of benzene rings is 1. The van der Waals surface area contributed by atoms with Gasteiger partial charge < -0.3 is 10.0 Å². The first-order valence-corrected chi connectivity index (χ1v) is 9.48. The number of likely N-dealkylation sites (tertiary alicyclic amines) is 1. The second kappa shape index (κ2) is 9.95. The Kier molecular flexibility index (Phi) is 7.64. The van der Waals surface area contributed by atoms with Crippen molar-refractivity contribution in [2.45, 2.75) is 58.4 Å². The van der Waals surface area contributed by atoms with E-state index in [1.165, 1.54) is 18.4 Å². The molecule has 0 bridgehead atoms. The van der Waals surface area contributed by atoms with Crippen LogP contribution in [-0.2, 0) is 11.2 Å².